The summed E-state index contributed by atoms with van der Waals surface area (Å²) in [4.78, 5) is 85.3. The van der Waals surface area contributed by atoms with E-state index in [-0.39, 0.29) is 51.5 Å². The van der Waals surface area contributed by atoms with E-state index in [0.717, 1.165) is 19.2 Å². The summed E-state index contributed by atoms with van der Waals surface area (Å²) in [5.74, 6) is -2.68. The number of ether oxygens (including phenoxy) is 3. The van der Waals surface area contributed by atoms with Gasteiger partial charge in [-0.25, -0.2) is 28.8 Å². The molecule has 0 spiro atoms. The Morgan fingerprint density at radius 1 is 1.03 bits per heavy atom. The van der Waals surface area contributed by atoms with E-state index in [1.165, 1.54) is 39.8 Å². The molecule has 2 aromatic carbocycles. The molecule has 2 N–H and O–H groups in total. The molecule has 4 amide bonds. The van der Waals surface area contributed by atoms with Crippen molar-refractivity contribution in [3.63, 3.8) is 0 Å². The van der Waals surface area contributed by atoms with Crippen molar-refractivity contribution in [1.82, 2.24) is 24.7 Å². The molecule has 4 rings (SSSR count). The average molecular weight is 892 g/mol. The van der Waals surface area contributed by atoms with Crippen LogP contribution in [0.5, 0.6) is 0 Å². The summed E-state index contributed by atoms with van der Waals surface area (Å²) in [5.41, 5.74) is -1.60. The number of alkyl carbamates (subject to hydrolysis) is 1. The lowest BCUT2D eigenvalue weighted by atomic mass is 9.98. The minimum atomic E-state index is -4.70. The zero-order chi connectivity index (χ0) is 44.1. The van der Waals surface area contributed by atoms with Gasteiger partial charge in [-0.1, -0.05) is 35.9 Å². The Morgan fingerprint density at radius 3 is 2.24 bits per heavy atom. The molecule has 0 radical (unpaired) electrons. The molecule has 1 aromatic heterocycles. The number of nitrogens with one attached hydrogen (secondary N) is 2. The molecule has 2 heterocycles. The number of anilines is 1. The summed E-state index contributed by atoms with van der Waals surface area (Å²) in [7, 11) is 1.15. The summed E-state index contributed by atoms with van der Waals surface area (Å²) in [6, 6.07) is 6.81. The Bertz CT molecular complexity index is 2170. The van der Waals surface area contributed by atoms with Crippen LogP contribution in [0.1, 0.15) is 86.0 Å². The van der Waals surface area contributed by atoms with Crippen LogP contribution in [0.2, 0.25) is 0 Å². The molecule has 0 saturated carbocycles. The maximum absolute atomic E-state index is 14.2. The van der Waals surface area contributed by atoms with Gasteiger partial charge in [0.1, 0.15) is 11.6 Å². The van der Waals surface area contributed by atoms with Gasteiger partial charge in [0.05, 0.1) is 23.5 Å². The number of carbonyl (C=O) groups is 5. The number of hydrogen-bond donors (Lipinski definition) is 2. The molecule has 0 bridgehead atoms. The molecular weight excluding hydrogens is 845 g/mol. The Hall–Kier alpha value is -5.72. The first-order valence-electron chi connectivity index (χ1n) is 18.4. The van der Waals surface area contributed by atoms with E-state index in [1.807, 2.05) is 0 Å². The maximum Gasteiger partial charge on any atom is 0.419 e. The third kappa shape index (κ3) is 11.3. The monoisotopic (exact) mass is 890 g/mol. The number of alkyl halides is 3. The topological polar surface area (TPSA) is 178 Å². The van der Waals surface area contributed by atoms with Crippen molar-refractivity contribution in [2.45, 2.75) is 91.3 Å². The third-order valence-corrected chi connectivity index (χ3v) is 9.72. The minimum Gasteiger partial charge on any atom is -0.444 e. The van der Waals surface area contributed by atoms with Crippen molar-refractivity contribution in [2.24, 2.45) is 5.92 Å². The van der Waals surface area contributed by atoms with Crippen LogP contribution in [-0.4, -0.2) is 86.9 Å². The van der Waals surface area contributed by atoms with Gasteiger partial charge in [-0.15, -0.1) is 6.58 Å². The molecule has 1 aliphatic heterocycles. The van der Waals surface area contributed by atoms with E-state index in [4.69, 9.17) is 19.2 Å². The minimum absolute atomic E-state index is 0.0314. The van der Waals surface area contributed by atoms with Crippen LogP contribution in [0, 0.1) is 5.92 Å². The second kappa shape index (κ2) is 18.5. The van der Waals surface area contributed by atoms with Gasteiger partial charge in [0, 0.05) is 40.3 Å². The number of hydrogen-bond acceptors (Lipinski definition) is 11. The highest BCUT2D eigenvalue weighted by molar-refractivity contribution is 9.10. The molecule has 59 heavy (non-hydrogen) atoms. The van der Waals surface area contributed by atoms with Crippen LogP contribution in [-0.2, 0) is 38.1 Å². The quantitative estimate of drug-likeness (QED) is 0.117. The Labute approximate surface area is 347 Å². The van der Waals surface area contributed by atoms with Gasteiger partial charge in [-0.2, -0.15) is 13.2 Å². The highest BCUT2D eigenvalue weighted by Crippen LogP contribution is 2.36. The summed E-state index contributed by atoms with van der Waals surface area (Å²) in [5, 5.41) is 5.52. The van der Waals surface area contributed by atoms with Crippen LogP contribution in [0.15, 0.2) is 64.4 Å². The first-order valence-corrected chi connectivity index (χ1v) is 19.2. The van der Waals surface area contributed by atoms with Crippen LogP contribution >= 0.6 is 15.9 Å². The molecule has 15 nitrogen and oxygen atoms in total. The van der Waals surface area contributed by atoms with Gasteiger partial charge in [0.15, 0.2) is 0 Å². The van der Waals surface area contributed by atoms with E-state index in [2.05, 4.69) is 33.1 Å². The van der Waals surface area contributed by atoms with Crippen molar-refractivity contribution in [1.29, 1.82) is 0 Å². The fraction of sp³-hybridized carbons (Fsp3) is 0.425. The van der Waals surface area contributed by atoms with Crippen molar-refractivity contribution < 1.29 is 51.4 Å². The van der Waals surface area contributed by atoms with Crippen LogP contribution < -0.4 is 16.2 Å². The fourth-order valence-corrected chi connectivity index (χ4v) is 6.33. The summed E-state index contributed by atoms with van der Waals surface area (Å²) in [6.07, 6.45) is -5.06. The number of halogens is 4. The SMILES string of the molecule is C=C[C@H](C)Nc1nc2c(c(=O)n1-c1ccc(C(=O)N(C)C(=O)OCOC(=O)[C@@H](NC(=O)OC(C)(C)C)C(C)C)cc1)C[C@@H](C)N(C(=O)c1ccc(Br)c(C(F)(F)F)c1)C2. The lowest BCUT2D eigenvalue weighted by molar-refractivity contribution is -0.156. The Balaban J connectivity index is 1.51. The second-order valence-electron chi connectivity index (χ2n) is 15.1. The predicted molar refractivity (Wildman–Crippen MR) is 213 cm³/mol. The van der Waals surface area contributed by atoms with E-state index in [1.54, 1.807) is 54.5 Å². The van der Waals surface area contributed by atoms with Crippen LogP contribution in [0.4, 0.5) is 28.7 Å². The molecule has 0 unspecified atom stereocenters. The standard InChI is InChI=1S/C40H46BrF3N6O9/c1-10-22(4)45-36-46-30-19-49(33(52)25-13-16-29(41)28(18-25)40(42,43)44)23(5)17-27(30)34(53)50(36)26-14-11-24(12-15-26)32(51)48(9)38(56)58-20-57-35(54)31(21(2)3)47-37(55)59-39(6,7)8/h10-16,18,21-23,31H,1,17,19-20H2,2-9H3,(H,45,46)(H,47,55)/t22-,23+,31-/m0/s1. The maximum atomic E-state index is 14.2. The predicted octanol–water partition coefficient (Wildman–Crippen LogP) is 6.85. The molecule has 3 atom stereocenters. The normalized spacial score (nSPS) is 15.0. The van der Waals surface area contributed by atoms with E-state index in [0.29, 0.717) is 4.90 Å². The number of fused-ring (bicyclic) bond motifs is 1. The van der Waals surface area contributed by atoms with Crippen LogP contribution in [0.25, 0.3) is 5.69 Å². The van der Waals surface area contributed by atoms with Gasteiger partial charge >= 0.3 is 24.3 Å². The largest absolute Gasteiger partial charge is 0.444 e. The van der Waals surface area contributed by atoms with Gasteiger partial charge in [-0.05, 0) is 89.4 Å². The molecule has 0 aliphatic carbocycles. The molecule has 3 aromatic rings. The zero-order valence-corrected chi connectivity index (χ0v) is 35.3. The van der Waals surface area contributed by atoms with Crippen molar-refractivity contribution in [2.75, 3.05) is 19.2 Å². The summed E-state index contributed by atoms with van der Waals surface area (Å²) < 4.78 is 57.1. The number of aromatic nitrogens is 2. The smallest absolute Gasteiger partial charge is 0.419 e. The first-order chi connectivity index (χ1) is 27.4. The van der Waals surface area contributed by atoms with Gasteiger partial charge in [-0.3, -0.25) is 14.4 Å². The lowest BCUT2D eigenvalue weighted by Gasteiger charge is -2.35. The summed E-state index contributed by atoms with van der Waals surface area (Å²) >= 11 is 2.90. The highest BCUT2D eigenvalue weighted by atomic mass is 79.9. The molecule has 318 valence electrons. The second-order valence-corrected chi connectivity index (χ2v) is 16.0. The number of nitrogens with zero attached hydrogens (tertiary/aromatic N) is 4. The molecule has 0 fully saturated rings. The van der Waals surface area contributed by atoms with Gasteiger partial charge in [0.2, 0.25) is 12.7 Å². The van der Waals surface area contributed by atoms with E-state index < -0.39 is 83.7 Å². The number of esters is 1. The Kier molecular flexibility index (Phi) is 14.4. The highest BCUT2D eigenvalue weighted by Gasteiger charge is 2.36. The third-order valence-electron chi connectivity index (χ3n) is 9.03. The number of benzene rings is 2. The fourth-order valence-electron chi connectivity index (χ4n) is 5.86. The van der Waals surface area contributed by atoms with Crippen molar-refractivity contribution in [3.05, 3.63) is 97.9 Å². The number of carbonyl (C=O) groups excluding carboxylic acids is 5. The zero-order valence-electron chi connectivity index (χ0n) is 33.7. The van der Waals surface area contributed by atoms with Crippen molar-refractivity contribution in [3.8, 4) is 5.69 Å². The summed E-state index contributed by atoms with van der Waals surface area (Å²) in [6.45, 7) is 14.5. The average Bonchev–Trinajstić information content (AvgIpc) is 3.15. The number of rotatable bonds is 11. The lowest BCUT2D eigenvalue weighted by Crippen LogP contribution is -2.47. The molecule has 0 saturated heterocycles. The number of imide groups is 1. The van der Waals surface area contributed by atoms with E-state index >= 15 is 0 Å². The molecule has 19 heteroatoms. The number of amides is 4. The molecule has 1 aliphatic rings. The van der Waals surface area contributed by atoms with Gasteiger partial charge in [0.25, 0.3) is 17.4 Å². The molecular formula is C40H46BrF3N6O9. The Morgan fingerprint density at radius 2 is 1.66 bits per heavy atom. The first kappa shape index (κ1) is 46.0. The van der Waals surface area contributed by atoms with E-state index in [9.17, 15) is 41.9 Å². The van der Waals surface area contributed by atoms with Crippen molar-refractivity contribution >= 4 is 51.8 Å². The van der Waals surface area contributed by atoms with Gasteiger partial charge < -0.3 is 29.7 Å². The van der Waals surface area contributed by atoms with Crippen LogP contribution in [0.3, 0.4) is 0 Å².